The van der Waals surface area contributed by atoms with Crippen molar-refractivity contribution in [1.29, 1.82) is 0 Å². The van der Waals surface area contributed by atoms with Gasteiger partial charge in [-0.05, 0) is 75.4 Å². The van der Waals surface area contributed by atoms with Gasteiger partial charge < -0.3 is 14.8 Å². The Labute approximate surface area is 179 Å². The lowest BCUT2D eigenvalue weighted by atomic mass is 9.84. The van der Waals surface area contributed by atoms with Gasteiger partial charge in [0.1, 0.15) is 5.82 Å². The van der Waals surface area contributed by atoms with Crippen molar-refractivity contribution in [3.8, 4) is 0 Å². The van der Waals surface area contributed by atoms with E-state index in [9.17, 15) is 9.50 Å². The third kappa shape index (κ3) is 5.07. The lowest BCUT2D eigenvalue weighted by Gasteiger charge is -2.46. The molecule has 1 aliphatic rings. The van der Waals surface area contributed by atoms with E-state index >= 15 is 0 Å². The minimum Gasteiger partial charge on any atom is -0.410 e. The fraction of sp³-hybridized carbons (Fsp3) is 0.727. The Hall–Kier alpha value is -0.273. The minimum absolute atomic E-state index is 0.150. The van der Waals surface area contributed by atoms with E-state index in [4.69, 9.17) is 4.43 Å². The summed E-state index contributed by atoms with van der Waals surface area (Å²) < 4.78 is 21.3. The van der Waals surface area contributed by atoms with Crippen molar-refractivity contribution < 1.29 is 13.9 Å². The van der Waals surface area contributed by atoms with E-state index in [2.05, 4.69) is 69.0 Å². The van der Waals surface area contributed by atoms with Gasteiger partial charge >= 0.3 is 0 Å². The molecule has 1 heterocycles. The Balaban J connectivity index is 2.31. The molecule has 2 N–H and O–H groups in total. The number of halogens is 2. The number of aliphatic hydroxyl groups is 1. The minimum atomic E-state index is -1.92. The summed E-state index contributed by atoms with van der Waals surface area (Å²) in [6, 6.07) is 5.11. The zero-order valence-electron chi connectivity index (χ0n) is 18.5. The number of aliphatic hydroxyl groups excluding tert-OH is 1. The second kappa shape index (κ2) is 8.46. The van der Waals surface area contributed by atoms with Crippen molar-refractivity contribution in [2.45, 2.75) is 95.6 Å². The Kier molecular flexibility index (Phi) is 7.25. The van der Waals surface area contributed by atoms with Crippen LogP contribution in [-0.4, -0.2) is 31.7 Å². The largest absolute Gasteiger partial charge is 0.410 e. The fourth-order valence-corrected chi connectivity index (χ4v) is 6.57. The van der Waals surface area contributed by atoms with Gasteiger partial charge in [-0.1, -0.05) is 42.8 Å². The monoisotopic (exact) mass is 473 g/mol. The van der Waals surface area contributed by atoms with Gasteiger partial charge in [-0.15, -0.1) is 0 Å². The van der Waals surface area contributed by atoms with E-state index in [1.807, 2.05) is 6.07 Å². The van der Waals surface area contributed by atoms with E-state index in [0.717, 1.165) is 29.3 Å². The molecule has 28 heavy (non-hydrogen) atoms. The van der Waals surface area contributed by atoms with Crippen LogP contribution in [0.4, 0.5) is 4.39 Å². The van der Waals surface area contributed by atoms with Gasteiger partial charge in [0.2, 0.25) is 0 Å². The molecule has 1 aliphatic heterocycles. The normalized spacial score (nSPS) is 24.0. The summed E-state index contributed by atoms with van der Waals surface area (Å²) in [7, 11) is -1.92. The maximum absolute atomic E-state index is 13.7. The van der Waals surface area contributed by atoms with Crippen LogP contribution in [0.3, 0.4) is 0 Å². The summed E-state index contributed by atoms with van der Waals surface area (Å²) in [5.41, 5.74) is 0.470. The van der Waals surface area contributed by atoms with Gasteiger partial charge in [0.25, 0.3) is 0 Å². The van der Waals surface area contributed by atoms with Gasteiger partial charge in [0, 0.05) is 22.7 Å². The maximum atomic E-state index is 13.7. The van der Waals surface area contributed by atoms with Gasteiger partial charge in [-0.2, -0.15) is 0 Å². The molecule has 1 saturated heterocycles. The summed E-state index contributed by atoms with van der Waals surface area (Å²) in [6.07, 6.45) is 3.43. The van der Waals surface area contributed by atoms with Gasteiger partial charge in [-0.3, -0.25) is 0 Å². The molecule has 6 heteroatoms. The predicted molar refractivity (Wildman–Crippen MR) is 121 cm³/mol. The smallest absolute Gasteiger partial charge is 0.192 e. The highest BCUT2D eigenvalue weighted by Crippen LogP contribution is 2.46. The van der Waals surface area contributed by atoms with Gasteiger partial charge in [-0.25, -0.2) is 4.39 Å². The molecule has 3 nitrogen and oxygen atoms in total. The highest BCUT2D eigenvalue weighted by Gasteiger charge is 2.49. The zero-order valence-corrected chi connectivity index (χ0v) is 21.0. The molecule has 2 rings (SSSR count). The molecular formula is C22H37BrFNO2Si. The number of nitrogens with one attached hydrogen (secondary N) is 1. The average Bonchev–Trinajstić information content (AvgIpc) is 2.97. The van der Waals surface area contributed by atoms with Crippen LogP contribution < -0.4 is 5.32 Å². The first-order valence-electron chi connectivity index (χ1n) is 10.3. The lowest BCUT2D eigenvalue weighted by molar-refractivity contribution is 0.0502. The van der Waals surface area contributed by atoms with Crippen molar-refractivity contribution in [3.63, 3.8) is 0 Å². The lowest BCUT2D eigenvalue weighted by Crippen LogP contribution is -2.56. The third-order valence-corrected chi connectivity index (χ3v) is 12.0. The Morgan fingerprint density at radius 3 is 2.46 bits per heavy atom. The molecule has 0 spiro atoms. The van der Waals surface area contributed by atoms with Crippen molar-refractivity contribution in [2.24, 2.45) is 0 Å². The fourth-order valence-electron chi connectivity index (χ4n) is 4.07. The Bertz CT molecular complexity index is 690. The highest BCUT2D eigenvalue weighted by atomic mass is 79.9. The predicted octanol–water partition coefficient (Wildman–Crippen LogP) is 6.11. The van der Waals surface area contributed by atoms with Crippen molar-refractivity contribution in [3.05, 3.63) is 34.1 Å². The van der Waals surface area contributed by atoms with Crippen LogP contribution in [0.25, 0.3) is 0 Å². The third-order valence-electron chi connectivity index (χ3n) is 6.68. The summed E-state index contributed by atoms with van der Waals surface area (Å²) >= 11 is 3.56. The van der Waals surface area contributed by atoms with E-state index in [-0.39, 0.29) is 34.6 Å². The molecule has 0 saturated carbocycles. The molecule has 1 fully saturated rings. The standard InChI is InChI=1S/C22H37BrFNO2Si/c1-20(2,3)28(6,7)27-21(4,5)19-11-13-22(25-19,12-8-14-26)17-10-9-16(24)15-18(17)23/h9-10,15,19,25-26H,8,11-14H2,1-7H3/t19-,22+/m1/s1. The highest BCUT2D eigenvalue weighted by molar-refractivity contribution is 9.10. The van der Waals surface area contributed by atoms with Crippen LogP contribution in [0.5, 0.6) is 0 Å². The number of rotatable bonds is 7. The molecular weight excluding hydrogens is 437 g/mol. The molecule has 1 aromatic carbocycles. The van der Waals surface area contributed by atoms with Gasteiger partial charge in [0.05, 0.1) is 5.60 Å². The maximum Gasteiger partial charge on any atom is 0.192 e. The second-order valence-electron chi connectivity index (χ2n) is 10.2. The van der Waals surface area contributed by atoms with Crippen molar-refractivity contribution >= 4 is 24.2 Å². The first kappa shape index (κ1) is 24.0. The summed E-state index contributed by atoms with van der Waals surface area (Å²) in [5, 5.41) is 13.5. The number of hydrogen-bond donors (Lipinski definition) is 2. The SMILES string of the molecule is CC(C)(O[Si](C)(C)C(C)(C)C)[C@H]1CC[C@@](CCCO)(c2ccc(F)cc2Br)N1. The van der Waals surface area contributed by atoms with E-state index < -0.39 is 8.32 Å². The molecule has 0 amide bonds. The van der Waals surface area contributed by atoms with Crippen LogP contribution in [-0.2, 0) is 9.96 Å². The first-order valence-corrected chi connectivity index (χ1v) is 14.0. The summed E-state index contributed by atoms with van der Waals surface area (Å²) in [4.78, 5) is 0. The second-order valence-corrected chi connectivity index (χ2v) is 15.8. The summed E-state index contributed by atoms with van der Waals surface area (Å²) in [5.74, 6) is -0.246. The molecule has 0 aromatic heterocycles. The number of hydrogen-bond acceptors (Lipinski definition) is 3. The van der Waals surface area contributed by atoms with E-state index in [1.54, 1.807) is 0 Å². The van der Waals surface area contributed by atoms with Crippen LogP contribution in [0.15, 0.2) is 22.7 Å². The quantitative estimate of drug-likeness (QED) is 0.469. The molecule has 0 aliphatic carbocycles. The van der Waals surface area contributed by atoms with Crippen LogP contribution in [0, 0.1) is 5.82 Å². The van der Waals surface area contributed by atoms with Crippen LogP contribution in [0.1, 0.15) is 65.9 Å². The van der Waals surface area contributed by atoms with E-state index in [0.29, 0.717) is 6.42 Å². The molecule has 2 atom stereocenters. The molecule has 0 bridgehead atoms. The summed E-state index contributed by atoms with van der Waals surface area (Å²) in [6.45, 7) is 15.9. The zero-order chi connectivity index (χ0) is 21.4. The van der Waals surface area contributed by atoms with Crippen molar-refractivity contribution in [2.75, 3.05) is 6.61 Å². The van der Waals surface area contributed by atoms with Crippen molar-refractivity contribution in [1.82, 2.24) is 5.32 Å². The first-order chi connectivity index (χ1) is 12.7. The topological polar surface area (TPSA) is 41.5 Å². The molecule has 0 radical (unpaired) electrons. The average molecular weight is 475 g/mol. The van der Waals surface area contributed by atoms with Crippen LogP contribution >= 0.6 is 15.9 Å². The van der Waals surface area contributed by atoms with Crippen LogP contribution in [0.2, 0.25) is 18.1 Å². The van der Waals surface area contributed by atoms with E-state index in [1.165, 1.54) is 12.1 Å². The Morgan fingerprint density at radius 2 is 1.93 bits per heavy atom. The number of benzene rings is 1. The molecule has 1 aromatic rings. The molecule has 0 unspecified atom stereocenters. The molecule has 160 valence electrons. The van der Waals surface area contributed by atoms with Gasteiger partial charge in [0.15, 0.2) is 8.32 Å². The Morgan fingerprint density at radius 1 is 1.29 bits per heavy atom.